The molecule has 1 fully saturated rings. The van der Waals surface area contributed by atoms with Crippen LogP contribution >= 0.6 is 12.4 Å². The average Bonchev–Trinajstić information content (AvgIpc) is 2.39. The minimum Gasteiger partial charge on any atom is -0.478 e. The summed E-state index contributed by atoms with van der Waals surface area (Å²) in [6.45, 7) is 1.40. The summed E-state index contributed by atoms with van der Waals surface area (Å²) in [7, 11) is 0. The molecule has 118 valence electrons. The standard InChI is InChI=1S/C14H16F3NO2.ClH/c15-14(16,17)12-5-7-18(8-6-12)9-10-1-3-11(4-2-10)13(19)20;/h1-4,12H,5-9H2,(H,19,20);1H. The van der Waals surface area contributed by atoms with Gasteiger partial charge in [-0.25, -0.2) is 4.79 Å². The van der Waals surface area contributed by atoms with E-state index < -0.39 is 18.1 Å². The molecule has 21 heavy (non-hydrogen) atoms. The number of hydrogen-bond donors (Lipinski definition) is 1. The van der Waals surface area contributed by atoms with Crippen molar-refractivity contribution in [2.45, 2.75) is 25.6 Å². The molecule has 0 bridgehead atoms. The van der Waals surface area contributed by atoms with Crippen LogP contribution in [-0.4, -0.2) is 35.2 Å². The van der Waals surface area contributed by atoms with Gasteiger partial charge in [0.1, 0.15) is 0 Å². The number of carbonyl (C=O) groups is 1. The van der Waals surface area contributed by atoms with E-state index in [1.54, 1.807) is 12.1 Å². The lowest BCUT2D eigenvalue weighted by Gasteiger charge is -2.32. The molecule has 1 aliphatic rings. The molecule has 1 heterocycles. The predicted octanol–water partition coefficient (Wildman–Crippen LogP) is 3.58. The van der Waals surface area contributed by atoms with Gasteiger partial charge in [0.15, 0.2) is 0 Å². The molecule has 0 radical (unpaired) electrons. The van der Waals surface area contributed by atoms with E-state index in [9.17, 15) is 18.0 Å². The van der Waals surface area contributed by atoms with Gasteiger partial charge in [-0.3, -0.25) is 4.90 Å². The van der Waals surface area contributed by atoms with Crippen molar-refractivity contribution in [3.05, 3.63) is 35.4 Å². The Hall–Kier alpha value is -1.27. The first-order valence-electron chi connectivity index (χ1n) is 6.47. The maximum absolute atomic E-state index is 12.5. The van der Waals surface area contributed by atoms with E-state index in [2.05, 4.69) is 0 Å². The van der Waals surface area contributed by atoms with Crippen LogP contribution in [0.1, 0.15) is 28.8 Å². The molecule has 7 heteroatoms. The van der Waals surface area contributed by atoms with Crippen molar-refractivity contribution in [2.24, 2.45) is 5.92 Å². The Labute approximate surface area is 127 Å². The second-order valence-electron chi connectivity index (χ2n) is 5.09. The molecule has 1 aliphatic heterocycles. The van der Waals surface area contributed by atoms with E-state index in [-0.39, 0.29) is 30.8 Å². The van der Waals surface area contributed by atoms with E-state index >= 15 is 0 Å². The van der Waals surface area contributed by atoms with Crippen LogP contribution < -0.4 is 0 Å². The van der Waals surface area contributed by atoms with E-state index in [0.29, 0.717) is 19.6 Å². The van der Waals surface area contributed by atoms with Crippen LogP contribution in [0.3, 0.4) is 0 Å². The van der Waals surface area contributed by atoms with Crippen molar-refractivity contribution in [3.63, 3.8) is 0 Å². The zero-order valence-electron chi connectivity index (χ0n) is 11.3. The van der Waals surface area contributed by atoms with Gasteiger partial charge >= 0.3 is 12.1 Å². The van der Waals surface area contributed by atoms with Crippen molar-refractivity contribution < 1.29 is 23.1 Å². The smallest absolute Gasteiger partial charge is 0.391 e. The van der Waals surface area contributed by atoms with Gasteiger partial charge in [-0.05, 0) is 43.6 Å². The van der Waals surface area contributed by atoms with Crippen molar-refractivity contribution in [3.8, 4) is 0 Å². The van der Waals surface area contributed by atoms with Crippen molar-refractivity contribution in [2.75, 3.05) is 13.1 Å². The van der Waals surface area contributed by atoms with Gasteiger partial charge in [-0.15, -0.1) is 12.4 Å². The Morgan fingerprint density at radius 3 is 2.14 bits per heavy atom. The van der Waals surface area contributed by atoms with Gasteiger partial charge in [-0.2, -0.15) is 13.2 Å². The zero-order chi connectivity index (χ0) is 14.8. The number of piperidine rings is 1. The van der Waals surface area contributed by atoms with Crippen molar-refractivity contribution >= 4 is 18.4 Å². The fourth-order valence-corrected chi connectivity index (χ4v) is 2.43. The molecule has 2 rings (SSSR count). The molecule has 0 saturated carbocycles. The van der Waals surface area contributed by atoms with Crippen LogP contribution in [0.2, 0.25) is 0 Å². The maximum atomic E-state index is 12.5. The Morgan fingerprint density at radius 1 is 1.19 bits per heavy atom. The van der Waals surface area contributed by atoms with Gasteiger partial charge in [0.05, 0.1) is 11.5 Å². The number of carboxylic acids is 1. The van der Waals surface area contributed by atoms with E-state index in [1.165, 1.54) is 12.1 Å². The molecule has 0 unspecified atom stereocenters. The van der Waals surface area contributed by atoms with E-state index in [4.69, 9.17) is 5.11 Å². The summed E-state index contributed by atoms with van der Waals surface area (Å²) in [4.78, 5) is 12.7. The number of halogens is 4. The zero-order valence-corrected chi connectivity index (χ0v) is 12.1. The number of aromatic carboxylic acids is 1. The first-order chi connectivity index (χ1) is 9.36. The monoisotopic (exact) mass is 323 g/mol. The predicted molar refractivity (Wildman–Crippen MR) is 74.7 cm³/mol. The molecule has 1 N–H and O–H groups in total. The number of rotatable bonds is 3. The summed E-state index contributed by atoms with van der Waals surface area (Å²) in [5.74, 6) is -2.17. The fraction of sp³-hybridized carbons (Fsp3) is 0.500. The van der Waals surface area contributed by atoms with Crippen LogP contribution in [0.4, 0.5) is 13.2 Å². The third-order valence-corrected chi connectivity index (χ3v) is 3.66. The molecule has 0 amide bonds. The van der Waals surface area contributed by atoms with E-state index in [0.717, 1.165) is 5.56 Å². The fourth-order valence-electron chi connectivity index (χ4n) is 2.43. The summed E-state index contributed by atoms with van der Waals surface area (Å²) >= 11 is 0. The first-order valence-corrected chi connectivity index (χ1v) is 6.47. The van der Waals surface area contributed by atoms with Crippen LogP contribution in [0.25, 0.3) is 0 Å². The topological polar surface area (TPSA) is 40.5 Å². The highest BCUT2D eigenvalue weighted by molar-refractivity contribution is 5.87. The summed E-state index contributed by atoms with van der Waals surface area (Å²) in [5, 5.41) is 8.79. The highest BCUT2D eigenvalue weighted by Gasteiger charge is 2.40. The Morgan fingerprint density at radius 2 is 1.71 bits per heavy atom. The van der Waals surface area contributed by atoms with Crippen molar-refractivity contribution in [1.29, 1.82) is 0 Å². The molecule has 0 spiro atoms. The van der Waals surface area contributed by atoms with Crippen LogP contribution in [0.5, 0.6) is 0 Å². The van der Waals surface area contributed by atoms with Crippen LogP contribution in [-0.2, 0) is 6.54 Å². The molecule has 0 aromatic heterocycles. The second-order valence-corrected chi connectivity index (χ2v) is 5.09. The van der Waals surface area contributed by atoms with Gasteiger partial charge in [0.25, 0.3) is 0 Å². The summed E-state index contributed by atoms with van der Waals surface area (Å²) in [5.41, 5.74) is 1.13. The SMILES string of the molecule is Cl.O=C(O)c1ccc(CN2CCC(C(F)(F)F)CC2)cc1. The Balaban J connectivity index is 0.00000220. The van der Waals surface area contributed by atoms with Crippen LogP contribution in [0, 0.1) is 5.92 Å². The molecule has 1 aromatic carbocycles. The van der Waals surface area contributed by atoms with E-state index in [1.807, 2.05) is 4.90 Å². The molecular formula is C14H17ClF3NO2. The quantitative estimate of drug-likeness (QED) is 0.924. The van der Waals surface area contributed by atoms with Crippen molar-refractivity contribution in [1.82, 2.24) is 4.90 Å². The molecule has 3 nitrogen and oxygen atoms in total. The summed E-state index contributed by atoms with van der Waals surface area (Å²) in [6, 6.07) is 6.44. The number of hydrogen-bond acceptors (Lipinski definition) is 2. The van der Waals surface area contributed by atoms with Gasteiger partial charge in [-0.1, -0.05) is 12.1 Å². The van der Waals surface area contributed by atoms with Gasteiger partial charge in [0, 0.05) is 6.54 Å². The van der Waals surface area contributed by atoms with Crippen LogP contribution in [0.15, 0.2) is 24.3 Å². The lowest BCUT2D eigenvalue weighted by atomic mass is 9.96. The number of nitrogens with zero attached hydrogens (tertiary/aromatic N) is 1. The van der Waals surface area contributed by atoms with Gasteiger partial charge in [0.2, 0.25) is 0 Å². The third-order valence-electron chi connectivity index (χ3n) is 3.66. The third kappa shape index (κ3) is 4.89. The number of carboxylic acid groups (broad SMARTS) is 1. The first kappa shape index (κ1) is 17.8. The summed E-state index contributed by atoms with van der Waals surface area (Å²) < 4.78 is 37.6. The largest absolute Gasteiger partial charge is 0.478 e. The van der Waals surface area contributed by atoms with Gasteiger partial charge < -0.3 is 5.11 Å². The molecular weight excluding hydrogens is 307 g/mol. The lowest BCUT2D eigenvalue weighted by molar-refractivity contribution is -0.185. The highest BCUT2D eigenvalue weighted by atomic mass is 35.5. The summed E-state index contributed by atoms with van der Waals surface area (Å²) in [6.07, 6.45) is -3.82. The number of likely N-dealkylation sites (tertiary alicyclic amines) is 1. The lowest BCUT2D eigenvalue weighted by Crippen LogP contribution is -2.38. The normalized spacial score (nSPS) is 17.3. The molecule has 1 aromatic rings. The number of alkyl halides is 3. The molecule has 0 atom stereocenters. The maximum Gasteiger partial charge on any atom is 0.391 e. The molecule has 0 aliphatic carbocycles. The average molecular weight is 324 g/mol. The highest BCUT2D eigenvalue weighted by Crippen LogP contribution is 2.34. The minimum absolute atomic E-state index is 0. The Bertz CT molecular complexity index is 468. The number of benzene rings is 1. The molecule has 1 saturated heterocycles. The minimum atomic E-state index is -4.09. The second kappa shape index (κ2) is 7.13. The Kier molecular flexibility index (Phi) is 6.04.